The number of nitrogens with two attached hydrogens (primary N) is 1. The standard InChI is InChI=1S/C8H9Br2NO/c9-5-1-2-7(10)6(3-5)8(11)4-12/h1-3,8,12H,4,11H2/t8-/m1/s1. The van der Waals surface area contributed by atoms with Gasteiger partial charge in [-0.15, -0.1) is 0 Å². The lowest BCUT2D eigenvalue weighted by molar-refractivity contribution is 0.267. The molecular formula is C8H9Br2NO. The van der Waals surface area contributed by atoms with Gasteiger partial charge < -0.3 is 10.8 Å². The van der Waals surface area contributed by atoms with Crippen LogP contribution in [0, 0.1) is 0 Å². The van der Waals surface area contributed by atoms with E-state index in [1.54, 1.807) is 0 Å². The molecule has 0 bridgehead atoms. The number of hydrogen-bond donors (Lipinski definition) is 2. The van der Waals surface area contributed by atoms with Crippen molar-refractivity contribution in [2.45, 2.75) is 6.04 Å². The zero-order chi connectivity index (χ0) is 9.14. The summed E-state index contributed by atoms with van der Waals surface area (Å²) in [5.74, 6) is 0. The molecule has 0 fully saturated rings. The lowest BCUT2D eigenvalue weighted by atomic mass is 10.1. The van der Waals surface area contributed by atoms with Gasteiger partial charge in [-0.1, -0.05) is 31.9 Å². The maximum Gasteiger partial charge on any atom is 0.0624 e. The number of rotatable bonds is 2. The van der Waals surface area contributed by atoms with Gasteiger partial charge in [-0.25, -0.2) is 0 Å². The van der Waals surface area contributed by atoms with Crippen molar-refractivity contribution in [3.05, 3.63) is 32.7 Å². The minimum absolute atomic E-state index is 0.0466. The first-order chi connectivity index (χ1) is 5.65. The monoisotopic (exact) mass is 293 g/mol. The van der Waals surface area contributed by atoms with Crippen LogP contribution in [0.2, 0.25) is 0 Å². The Bertz CT molecular complexity index is 278. The fraction of sp³-hybridized carbons (Fsp3) is 0.250. The van der Waals surface area contributed by atoms with Gasteiger partial charge in [0.1, 0.15) is 0 Å². The maximum atomic E-state index is 8.84. The molecule has 4 heteroatoms. The predicted octanol–water partition coefficient (Wildman–Crippen LogP) is 2.20. The van der Waals surface area contributed by atoms with Crippen molar-refractivity contribution in [2.24, 2.45) is 5.73 Å². The van der Waals surface area contributed by atoms with Crippen LogP contribution in [0.5, 0.6) is 0 Å². The summed E-state index contributed by atoms with van der Waals surface area (Å²) in [4.78, 5) is 0. The van der Waals surface area contributed by atoms with Crippen LogP contribution in [0.1, 0.15) is 11.6 Å². The number of hydrogen-bond acceptors (Lipinski definition) is 2. The smallest absolute Gasteiger partial charge is 0.0624 e. The van der Waals surface area contributed by atoms with Gasteiger partial charge in [0.15, 0.2) is 0 Å². The summed E-state index contributed by atoms with van der Waals surface area (Å²) in [7, 11) is 0. The Kier molecular flexibility index (Phi) is 3.71. The second kappa shape index (κ2) is 4.37. The Labute approximate surface area is 88.0 Å². The van der Waals surface area contributed by atoms with Crippen LogP contribution in [0.4, 0.5) is 0 Å². The second-order valence-electron chi connectivity index (χ2n) is 2.45. The topological polar surface area (TPSA) is 46.2 Å². The predicted molar refractivity (Wildman–Crippen MR) is 55.9 cm³/mol. The molecule has 0 aromatic heterocycles. The molecule has 0 aliphatic rings. The minimum Gasteiger partial charge on any atom is -0.394 e. The summed E-state index contributed by atoms with van der Waals surface area (Å²) in [5, 5.41) is 8.84. The SMILES string of the molecule is N[C@H](CO)c1cc(Br)ccc1Br. The van der Waals surface area contributed by atoms with Crippen LogP contribution in [-0.2, 0) is 0 Å². The molecule has 3 N–H and O–H groups in total. The number of halogens is 2. The fourth-order valence-electron chi connectivity index (χ4n) is 0.897. The lowest BCUT2D eigenvalue weighted by Crippen LogP contribution is -2.14. The zero-order valence-corrected chi connectivity index (χ0v) is 9.47. The van der Waals surface area contributed by atoms with Gasteiger partial charge in [0, 0.05) is 8.95 Å². The van der Waals surface area contributed by atoms with Gasteiger partial charge in [-0.3, -0.25) is 0 Å². The molecule has 0 heterocycles. The average molecular weight is 295 g/mol. The first-order valence-electron chi connectivity index (χ1n) is 3.46. The molecule has 0 unspecified atom stereocenters. The van der Waals surface area contributed by atoms with E-state index in [0.717, 1.165) is 14.5 Å². The van der Waals surface area contributed by atoms with Crippen molar-refractivity contribution in [2.75, 3.05) is 6.61 Å². The van der Waals surface area contributed by atoms with Crippen molar-refractivity contribution < 1.29 is 5.11 Å². The van der Waals surface area contributed by atoms with Gasteiger partial charge in [-0.2, -0.15) is 0 Å². The van der Waals surface area contributed by atoms with Crippen LogP contribution in [0.15, 0.2) is 27.1 Å². The van der Waals surface area contributed by atoms with Gasteiger partial charge in [0.25, 0.3) is 0 Å². The first kappa shape index (κ1) is 10.2. The van der Waals surface area contributed by atoms with Crippen molar-refractivity contribution in [1.82, 2.24) is 0 Å². The summed E-state index contributed by atoms with van der Waals surface area (Å²) >= 11 is 6.70. The Morgan fingerprint density at radius 3 is 2.67 bits per heavy atom. The lowest BCUT2D eigenvalue weighted by Gasteiger charge is -2.10. The molecule has 66 valence electrons. The molecule has 0 saturated heterocycles. The molecule has 2 nitrogen and oxygen atoms in total. The highest BCUT2D eigenvalue weighted by molar-refractivity contribution is 9.11. The molecule has 0 aliphatic heterocycles. The van der Waals surface area contributed by atoms with Crippen molar-refractivity contribution >= 4 is 31.9 Å². The van der Waals surface area contributed by atoms with Gasteiger partial charge in [-0.05, 0) is 23.8 Å². The molecule has 0 amide bonds. The normalized spacial score (nSPS) is 13.0. The highest BCUT2D eigenvalue weighted by atomic mass is 79.9. The number of benzene rings is 1. The van der Waals surface area contributed by atoms with E-state index in [1.165, 1.54) is 0 Å². The summed E-state index contributed by atoms with van der Waals surface area (Å²) < 4.78 is 1.89. The molecule has 1 atom stereocenters. The van der Waals surface area contributed by atoms with E-state index in [9.17, 15) is 0 Å². The van der Waals surface area contributed by atoms with Crippen LogP contribution < -0.4 is 5.73 Å². The summed E-state index contributed by atoms with van der Waals surface area (Å²) in [6, 6.07) is 5.38. The van der Waals surface area contributed by atoms with Gasteiger partial charge in [0.05, 0.1) is 12.6 Å². The van der Waals surface area contributed by atoms with E-state index in [1.807, 2.05) is 18.2 Å². The molecular weight excluding hydrogens is 286 g/mol. The minimum atomic E-state index is -0.322. The van der Waals surface area contributed by atoms with Gasteiger partial charge >= 0.3 is 0 Å². The van der Waals surface area contributed by atoms with Crippen LogP contribution in [0.25, 0.3) is 0 Å². The van der Waals surface area contributed by atoms with Crippen molar-refractivity contribution in [3.8, 4) is 0 Å². The largest absolute Gasteiger partial charge is 0.394 e. The van der Waals surface area contributed by atoms with Crippen LogP contribution in [-0.4, -0.2) is 11.7 Å². The Morgan fingerprint density at radius 1 is 1.42 bits per heavy atom. The van der Waals surface area contributed by atoms with Crippen LogP contribution in [0.3, 0.4) is 0 Å². The highest BCUT2D eigenvalue weighted by Gasteiger charge is 2.08. The van der Waals surface area contributed by atoms with E-state index in [2.05, 4.69) is 31.9 Å². The summed E-state index contributed by atoms with van der Waals surface area (Å²) in [6.07, 6.45) is 0. The fourth-order valence-corrected chi connectivity index (χ4v) is 1.82. The highest BCUT2D eigenvalue weighted by Crippen LogP contribution is 2.25. The first-order valence-corrected chi connectivity index (χ1v) is 5.05. The summed E-state index contributed by atoms with van der Waals surface area (Å²) in [6.45, 7) is -0.0466. The second-order valence-corrected chi connectivity index (χ2v) is 4.22. The third-order valence-electron chi connectivity index (χ3n) is 1.55. The number of aliphatic hydroxyl groups is 1. The average Bonchev–Trinajstić information content (AvgIpc) is 2.08. The number of aliphatic hydroxyl groups excluding tert-OH is 1. The summed E-state index contributed by atoms with van der Waals surface area (Å²) in [5.41, 5.74) is 6.57. The Hall–Kier alpha value is 0.1000. The third-order valence-corrected chi connectivity index (χ3v) is 2.77. The quantitative estimate of drug-likeness (QED) is 0.878. The maximum absolute atomic E-state index is 8.84. The molecule has 0 spiro atoms. The molecule has 0 aliphatic carbocycles. The third kappa shape index (κ3) is 2.29. The van der Waals surface area contributed by atoms with Gasteiger partial charge in [0.2, 0.25) is 0 Å². The van der Waals surface area contributed by atoms with E-state index in [0.29, 0.717) is 0 Å². The van der Waals surface area contributed by atoms with E-state index >= 15 is 0 Å². The Balaban J connectivity index is 3.04. The molecule has 1 aromatic carbocycles. The Morgan fingerprint density at radius 2 is 2.08 bits per heavy atom. The van der Waals surface area contributed by atoms with Crippen molar-refractivity contribution in [3.63, 3.8) is 0 Å². The molecule has 0 radical (unpaired) electrons. The molecule has 1 aromatic rings. The van der Waals surface area contributed by atoms with Crippen LogP contribution >= 0.6 is 31.9 Å². The molecule has 12 heavy (non-hydrogen) atoms. The van der Waals surface area contributed by atoms with E-state index in [-0.39, 0.29) is 12.6 Å². The molecule has 1 rings (SSSR count). The van der Waals surface area contributed by atoms with Crippen molar-refractivity contribution in [1.29, 1.82) is 0 Å². The zero-order valence-electron chi connectivity index (χ0n) is 6.30. The van der Waals surface area contributed by atoms with E-state index in [4.69, 9.17) is 10.8 Å². The molecule has 0 saturated carbocycles. The van der Waals surface area contributed by atoms with E-state index < -0.39 is 0 Å².